The highest BCUT2D eigenvalue weighted by molar-refractivity contribution is 5.81. The van der Waals surface area contributed by atoms with E-state index < -0.39 is 0 Å². The molecule has 0 aromatic carbocycles. The van der Waals surface area contributed by atoms with Gasteiger partial charge in [-0.15, -0.1) is 0 Å². The van der Waals surface area contributed by atoms with Crippen molar-refractivity contribution in [2.45, 2.75) is 25.8 Å². The van der Waals surface area contributed by atoms with Crippen LogP contribution in [0.1, 0.15) is 19.8 Å². The minimum Gasteiger partial charge on any atom is -0.353 e. The van der Waals surface area contributed by atoms with Gasteiger partial charge < -0.3 is 16.4 Å². The Morgan fingerprint density at radius 1 is 1.69 bits per heavy atom. The summed E-state index contributed by atoms with van der Waals surface area (Å²) in [5.74, 6) is 0.742. The van der Waals surface area contributed by atoms with Crippen molar-refractivity contribution < 1.29 is 4.79 Å². The third-order valence-electron chi connectivity index (χ3n) is 2.43. The van der Waals surface area contributed by atoms with Crippen molar-refractivity contribution in [1.29, 1.82) is 0 Å². The van der Waals surface area contributed by atoms with Crippen LogP contribution in [0.2, 0.25) is 0 Å². The quantitative estimate of drug-likeness (QED) is 0.552. The van der Waals surface area contributed by atoms with Crippen LogP contribution in [0.15, 0.2) is 0 Å². The van der Waals surface area contributed by atoms with Crippen molar-refractivity contribution in [3.8, 4) is 0 Å². The Bertz CT molecular complexity index is 172. The van der Waals surface area contributed by atoms with Crippen LogP contribution in [0.4, 0.5) is 0 Å². The van der Waals surface area contributed by atoms with Crippen LogP contribution >= 0.6 is 0 Å². The highest BCUT2D eigenvalue weighted by Gasteiger charge is 2.23. The average molecular weight is 185 g/mol. The lowest BCUT2D eigenvalue weighted by Gasteiger charge is -2.27. The summed E-state index contributed by atoms with van der Waals surface area (Å²) in [6, 6.07) is -0.00435. The first-order valence-corrected chi connectivity index (χ1v) is 4.95. The van der Waals surface area contributed by atoms with E-state index in [4.69, 9.17) is 5.73 Å². The maximum Gasteiger partial charge on any atom is 0.237 e. The van der Waals surface area contributed by atoms with Gasteiger partial charge in [0, 0.05) is 13.1 Å². The maximum absolute atomic E-state index is 11.5. The summed E-state index contributed by atoms with van der Waals surface area (Å²) in [6.45, 7) is 4.21. The molecule has 0 radical (unpaired) electrons. The number of hydrogen-bond acceptors (Lipinski definition) is 3. The van der Waals surface area contributed by atoms with Crippen molar-refractivity contribution in [2.75, 3.05) is 19.6 Å². The topological polar surface area (TPSA) is 67.2 Å². The van der Waals surface area contributed by atoms with E-state index in [0.29, 0.717) is 19.0 Å². The van der Waals surface area contributed by atoms with Gasteiger partial charge in [0.25, 0.3) is 0 Å². The van der Waals surface area contributed by atoms with Gasteiger partial charge in [-0.3, -0.25) is 4.79 Å². The predicted molar refractivity (Wildman–Crippen MR) is 52.3 cm³/mol. The van der Waals surface area contributed by atoms with Gasteiger partial charge in [0.2, 0.25) is 5.91 Å². The fourth-order valence-electron chi connectivity index (χ4n) is 1.63. The molecule has 1 aliphatic heterocycles. The van der Waals surface area contributed by atoms with E-state index in [1.165, 1.54) is 6.42 Å². The average Bonchev–Trinajstić information content (AvgIpc) is 2.14. The van der Waals surface area contributed by atoms with Crippen LogP contribution in [0.3, 0.4) is 0 Å². The van der Waals surface area contributed by atoms with Gasteiger partial charge >= 0.3 is 0 Å². The van der Waals surface area contributed by atoms with Crippen molar-refractivity contribution in [3.05, 3.63) is 0 Å². The molecule has 2 unspecified atom stereocenters. The maximum atomic E-state index is 11.5. The Hall–Kier alpha value is -0.610. The minimum absolute atomic E-state index is 0.00435. The second-order valence-corrected chi connectivity index (χ2v) is 3.72. The lowest BCUT2D eigenvalue weighted by Crippen LogP contribution is -2.49. The zero-order valence-electron chi connectivity index (χ0n) is 8.18. The molecule has 0 aromatic heterocycles. The van der Waals surface area contributed by atoms with Crippen molar-refractivity contribution in [3.63, 3.8) is 0 Å². The summed E-state index contributed by atoms with van der Waals surface area (Å²) in [6.07, 6.45) is 2.11. The van der Waals surface area contributed by atoms with Crippen molar-refractivity contribution in [2.24, 2.45) is 11.7 Å². The molecule has 0 spiro atoms. The van der Waals surface area contributed by atoms with Crippen LogP contribution in [-0.4, -0.2) is 31.6 Å². The van der Waals surface area contributed by atoms with Gasteiger partial charge in [-0.1, -0.05) is 6.92 Å². The molecule has 76 valence electrons. The van der Waals surface area contributed by atoms with E-state index in [1.54, 1.807) is 0 Å². The molecule has 0 aliphatic carbocycles. The molecule has 0 saturated carbocycles. The summed E-state index contributed by atoms with van der Waals surface area (Å²) in [7, 11) is 0. The zero-order valence-corrected chi connectivity index (χ0v) is 8.18. The molecule has 13 heavy (non-hydrogen) atoms. The van der Waals surface area contributed by atoms with Gasteiger partial charge in [-0.2, -0.15) is 0 Å². The number of piperidine rings is 1. The predicted octanol–water partition coefficient (Wildman–Crippen LogP) is -0.551. The fraction of sp³-hybridized carbons (Fsp3) is 0.889. The third kappa shape index (κ3) is 3.32. The molecule has 0 aromatic rings. The highest BCUT2D eigenvalue weighted by Crippen LogP contribution is 2.14. The van der Waals surface area contributed by atoms with Gasteiger partial charge in [-0.25, -0.2) is 0 Å². The molecule has 1 heterocycles. The molecule has 1 saturated heterocycles. The standard InChI is InChI=1S/C9H19N3O/c1-7-2-4-11-8(6-7)9(13)12-5-3-10/h7-8,11H,2-6,10H2,1H3,(H,12,13). The zero-order chi connectivity index (χ0) is 9.68. The van der Waals surface area contributed by atoms with Crippen LogP contribution < -0.4 is 16.4 Å². The van der Waals surface area contributed by atoms with E-state index >= 15 is 0 Å². The lowest BCUT2D eigenvalue weighted by molar-refractivity contribution is -0.123. The minimum atomic E-state index is -0.00435. The van der Waals surface area contributed by atoms with E-state index in [-0.39, 0.29) is 11.9 Å². The van der Waals surface area contributed by atoms with Crippen molar-refractivity contribution in [1.82, 2.24) is 10.6 Å². The second kappa shape index (κ2) is 5.19. The third-order valence-corrected chi connectivity index (χ3v) is 2.43. The van der Waals surface area contributed by atoms with E-state index in [9.17, 15) is 4.79 Å². The molecular formula is C9H19N3O. The van der Waals surface area contributed by atoms with Crippen LogP contribution in [0, 0.1) is 5.92 Å². The molecule has 2 atom stereocenters. The van der Waals surface area contributed by atoms with Crippen LogP contribution in [0.25, 0.3) is 0 Å². The Labute approximate surface area is 79.3 Å². The molecule has 1 aliphatic rings. The summed E-state index contributed by atoms with van der Waals surface area (Å²) >= 11 is 0. The number of nitrogens with one attached hydrogen (secondary N) is 2. The first-order chi connectivity index (χ1) is 6.24. The molecule has 1 fully saturated rings. The van der Waals surface area contributed by atoms with Gasteiger partial charge in [0.05, 0.1) is 6.04 Å². The number of amides is 1. The van der Waals surface area contributed by atoms with Crippen LogP contribution in [-0.2, 0) is 4.79 Å². The monoisotopic (exact) mass is 185 g/mol. The molecule has 0 bridgehead atoms. The molecule has 1 rings (SSSR count). The SMILES string of the molecule is CC1CCNC(C(=O)NCCN)C1. The number of hydrogen-bond donors (Lipinski definition) is 3. The van der Waals surface area contributed by atoms with Crippen LogP contribution in [0.5, 0.6) is 0 Å². The van der Waals surface area contributed by atoms with Gasteiger partial charge in [0.1, 0.15) is 0 Å². The summed E-state index contributed by atoms with van der Waals surface area (Å²) < 4.78 is 0. The Morgan fingerprint density at radius 2 is 2.46 bits per heavy atom. The van der Waals surface area contributed by atoms with E-state index in [1.807, 2.05) is 0 Å². The smallest absolute Gasteiger partial charge is 0.237 e. The largest absolute Gasteiger partial charge is 0.353 e. The first kappa shape index (κ1) is 10.5. The Kier molecular flexibility index (Phi) is 4.18. The first-order valence-electron chi connectivity index (χ1n) is 4.95. The fourth-order valence-corrected chi connectivity index (χ4v) is 1.63. The molecular weight excluding hydrogens is 166 g/mol. The number of nitrogens with two attached hydrogens (primary N) is 1. The number of carbonyl (C=O) groups excluding carboxylic acids is 1. The number of carbonyl (C=O) groups is 1. The van der Waals surface area contributed by atoms with Crippen molar-refractivity contribution >= 4 is 5.91 Å². The molecule has 1 amide bonds. The lowest BCUT2D eigenvalue weighted by atomic mass is 9.94. The summed E-state index contributed by atoms with van der Waals surface area (Å²) in [5.41, 5.74) is 5.30. The van der Waals surface area contributed by atoms with Gasteiger partial charge in [-0.05, 0) is 25.3 Å². The molecule has 4 heteroatoms. The second-order valence-electron chi connectivity index (χ2n) is 3.72. The van der Waals surface area contributed by atoms with E-state index in [2.05, 4.69) is 17.6 Å². The highest BCUT2D eigenvalue weighted by atomic mass is 16.2. The van der Waals surface area contributed by atoms with Gasteiger partial charge in [0.15, 0.2) is 0 Å². The molecule has 4 N–H and O–H groups in total. The normalized spacial score (nSPS) is 28.5. The Balaban J connectivity index is 2.28. The molecule has 4 nitrogen and oxygen atoms in total. The summed E-state index contributed by atoms with van der Waals surface area (Å²) in [5, 5.41) is 6.00. The Morgan fingerprint density at radius 3 is 3.08 bits per heavy atom. The summed E-state index contributed by atoms with van der Waals surface area (Å²) in [4.78, 5) is 11.5. The van der Waals surface area contributed by atoms with E-state index in [0.717, 1.165) is 13.0 Å². The number of rotatable bonds is 3.